The molecule has 9 heteroatoms. The van der Waals surface area contributed by atoms with E-state index in [9.17, 15) is 0 Å². The van der Waals surface area contributed by atoms with Crippen molar-refractivity contribution in [1.29, 1.82) is 0 Å². The standard InChI is InChI=1S/C52H34N6S2Si/c1-31-13-11-19-39-49(31)53-51-55(35-15-3-5-17-37(35)57(39)51)33-25-27-47-43(29-33)60-44-30-34(56-36-16-4-6-18-38(36)58-40-20-12-14-32(2)50(40)54-52(56)58)26-28-48(44)61(47)45-23-9-7-21-41(45)59-42-22-8-10-24-46(42)61/h3-30H,1-2H3. The molecule has 0 radical (unpaired) electrons. The van der Waals surface area contributed by atoms with Gasteiger partial charge in [-0.25, -0.2) is 9.97 Å². The Morgan fingerprint density at radius 3 is 1.26 bits per heavy atom. The van der Waals surface area contributed by atoms with Gasteiger partial charge in [0, 0.05) is 19.6 Å². The van der Waals surface area contributed by atoms with Crippen molar-refractivity contribution < 1.29 is 0 Å². The lowest BCUT2D eigenvalue weighted by Crippen LogP contribution is -2.78. The van der Waals surface area contributed by atoms with Gasteiger partial charge in [0.05, 0.1) is 55.5 Å². The molecule has 6 nitrogen and oxygen atoms in total. The fourth-order valence-corrected chi connectivity index (χ4v) is 19.7. The first-order chi connectivity index (χ1) is 30.1. The first-order valence-corrected chi connectivity index (χ1v) is 24.3. The number of hydrogen-bond acceptors (Lipinski definition) is 4. The SMILES string of the molecule is Cc1cccc2c1nc1n(-c3ccc4c(c3)Sc3cc(-n5c6ccccc6n6c7cccc(C)c7nc56)ccc3[Si]43c4ccccc4Sc4ccccc43)c3ccccc3n21. The summed E-state index contributed by atoms with van der Waals surface area (Å²) in [5.74, 6) is 1.85. The van der Waals surface area contributed by atoms with Crippen LogP contribution >= 0.6 is 23.5 Å². The Morgan fingerprint density at radius 1 is 0.377 bits per heavy atom. The molecule has 0 atom stereocenters. The third-order valence-electron chi connectivity index (χ3n) is 13.1. The average molecular weight is 835 g/mol. The molecule has 6 heterocycles. The number of aromatic nitrogens is 6. The van der Waals surface area contributed by atoms with Gasteiger partial charge in [0.1, 0.15) is 0 Å². The zero-order chi connectivity index (χ0) is 40.1. The van der Waals surface area contributed by atoms with Crippen molar-refractivity contribution in [3.05, 3.63) is 181 Å². The Bertz CT molecular complexity index is 3640. The molecule has 0 saturated heterocycles. The van der Waals surface area contributed by atoms with E-state index in [1.165, 1.54) is 51.5 Å². The number of para-hydroxylation sites is 6. The summed E-state index contributed by atoms with van der Waals surface area (Å²) in [7, 11) is -2.85. The van der Waals surface area contributed by atoms with Gasteiger partial charge >= 0.3 is 0 Å². The van der Waals surface area contributed by atoms with E-state index in [-0.39, 0.29) is 0 Å². The molecule has 12 aromatic rings. The van der Waals surface area contributed by atoms with Crippen LogP contribution in [-0.2, 0) is 0 Å². The molecule has 1 spiro atoms. The van der Waals surface area contributed by atoms with Crippen molar-refractivity contribution in [2.75, 3.05) is 0 Å². The highest BCUT2D eigenvalue weighted by atomic mass is 32.2. The minimum absolute atomic E-state index is 0.927. The maximum atomic E-state index is 5.34. The predicted molar refractivity (Wildman–Crippen MR) is 254 cm³/mol. The second-order valence-corrected chi connectivity index (χ2v) is 22.2. The molecular formula is C52H34N6S2Si. The summed E-state index contributed by atoms with van der Waals surface area (Å²) in [6.45, 7) is 4.31. The number of imidazole rings is 4. The van der Waals surface area contributed by atoms with Crippen molar-refractivity contribution in [3.8, 4) is 11.4 Å². The number of hydrogen-bond donors (Lipinski definition) is 0. The molecule has 0 saturated carbocycles. The zero-order valence-electron chi connectivity index (χ0n) is 33.2. The fraction of sp³-hybridized carbons (Fsp3) is 0.0385. The Balaban J connectivity index is 1.07. The Labute approximate surface area is 359 Å². The summed E-state index contributed by atoms with van der Waals surface area (Å²) < 4.78 is 9.38. The van der Waals surface area contributed by atoms with E-state index in [1.54, 1.807) is 0 Å². The summed E-state index contributed by atoms with van der Waals surface area (Å²) in [5.41, 5.74) is 13.5. The molecule has 14 rings (SSSR count). The van der Waals surface area contributed by atoms with Crippen LogP contribution in [-0.4, -0.2) is 36.0 Å². The monoisotopic (exact) mass is 834 g/mol. The van der Waals surface area contributed by atoms with E-state index in [2.05, 4.69) is 202 Å². The lowest BCUT2D eigenvalue weighted by Gasteiger charge is -2.43. The molecule has 2 aliphatic heterocycles. The van der Waals surface area contributed by atoms with Crippen molar-refractivity contribution >= 4 is 108 Å². The molecule has 288 valence electrons. The highest BCUT2D eigenvalue weighted by molar-refractivity contribution is 8.01. The fourth-order valence-electron chi connectivity index (χ4n) is 10.6. The van der Waals surface area contributed by atoms with Crippen LogP contribution in [0.5, 0.6) is 0 Å². The lowest BCUT2D eigenvalue weighted by atomic mass is 10.2. The van der Waals surface area contributed by atoms with Crippen molar-refractivity contribution in [2.45, 2.75) is 33.4 Å². The van der Waals surface area contributed by atoms with Gasteiger partial charge < -0.3 is 0 Å². The number of rotatable bonds is 2. The van der Waals surface area contributed by atoms with E-state index in [4.69, 9.17) is 9.97 Å². The van der Waals surface area contributed by atoms with E-state index in [0.717, 1.165) is 67.1 Å². The number of aryl methyl sites for hydroxylation is 2. The minimum atomic E-state index is -2.85. The molecule has 0 amide bonds. The molecule has 2 aliphatic rings. The van der Waals surface area contributed by atoms with Crippen LogP contribution in [0.25, 0.3) is 67.1 Å². The van der Waals surface area contributed by atoms with E-state index in [0.29, 0.717) is 0 Å². The Hall–Kier alpha value is -6.78. The van der Waals surface area contributed by atoms with Crippen LogP contribution in [0.15, 0.2) is 189 Å². The Kier molecular flexibility index (Phi) is 6.78. The summed E-state index contributed by atoms with van der Waals surface area (Å²) in [6, 6.07) is 63.3. The molecule has 0 aliphatic carbocycles. The molecule has 61 heavy (non-hydrogen) atoms. The van der Waals surface area contributed by atoms with E-state index in [1.807, 2.05) is 23.5 Å². The van der Waals surface area contributed by atoms with Gasteiger partial charge in [0.2, 0.25) is 11.6 Å². The van der Waals surface area contributed by atoms with E-state index >= 15 is 0 Å². The van der Waals surface area contributed by atoms with Gasteiger partial charge in [0.15, 0.2) is 8.07 Å². The molecule has 0 bridgehead atoms. The first-order valence-electron chi connectivity index (χ1n) is 20.7. The van der Waals surface area contributed by atoms with Gasteiger partial charge in [-0.2, -0.15) is 0 Å². The highest BCUT2D eigenvalue weighted by Gasteiger charge is 2.51. The topological polar surface area (TPSA) is 44.5 Å². The number of benzene rings is 8. The maximum Gasteiger partial charge on any atom is 0.220 e. The molecule has 0 fully saturated rings. The van der Waals surface area contributed by atoms with Gasteiger partial charge in [-0.15, -0.1) is 0 Å². The second kappa shape index (κ2) is 12.2. The van der Waals surface area contributed by atoms with E-state index < -0.39 is 8.07 Å². The van der Waals surface area contributed by atoms with Crippen LogP contribution in [0, 0.1) is 13.8 Å². The Morgan fingerprint density at radius 2 is 0.770 bits per heavy atom. The van der Waals surface area contributed by atoms with Crippen LogP contribution in [0.1, 0.15) is 11.1 Å². The summed E-state index contributed by atoms with van der Waals surface area (Å²) >= 11 is 3.82. The van der Waals surface area contributed by atoms with Crippen LogP contribution < -0.4 is 20.7 Å². The number of fused-ring (bicyclic) bond motifs is 18. The first kappa shape index (κ1) is 34.0. The molecular weight excluding hydrogens is 801 g/mol. The largest absolute Gasteiger partial charge is 0.278 e. The van der Waals surface area contributed by atoms with Crippen molar-refractivity contribution in [1.82, 2.24) is 27.9 Å². The van der Waals surface area contributed by atoms with Crippen molar-refractivity contribution in [2.24, 2.45) is 0 Å². The van der Waals surface area contributed by atoms with Gasteiger partial charge in [-0.05, 0) is 119 Å². The quantitative estimate of drug-likeness (QED) is 0.163. The van der Waals surface area contributed by atoms with Gasteiger partial charge in [-0.3, -0.25) is 17.9 Å². The molecule has 4 aromatic heterocycles. The third-order valence-corrected chi connectivity index (χ3v) is 21.1. The average Bonchev–Trinajstić information content (AvgIpc) is 4.04. The molecule has 0 N–H and O–H groups in total. The third kappa shape index (κ3) is 4.35. The second-order valence-electron chi connectivity index (χ2n) is 16.3. The minimum Gasteiger partial charge on any atom is -0.278 e. The zero-order valence-corrected chi connectivity index (χ0v) is 35.8. The van der Waals surface area contributed by atoms with Gasteiger partial charge in [-0.1, -0.05) is 121 Å². The normalized spacial score (nSPS) is 14.1. The van der Waals surface area contributed by atoms with Crippen LogP contribution in [0.4, 0.5) is 0 Å². The van der Waals surface area contributed by atoms with Crippen molar-refractivity contribution in [3.63, 3.8) is 0 Å². The summed E-state index contributed by atoms with van der Waals surface area (Å²) in [6.07, 6.45) is 0. The summed E-state index contributed by atoms with van der Waals surface area (Å²) in [5, 5.41) is 5.77. The summed E-state index contributed by atoms with van der Waals surface area (Å²) in [4.78, 5) is 16.0. The molecule has 0 unspecified atom stereocenters. The molecule has 8 aromatic carbocycles. The van der Waals surface area contributed by atoms with Gasteiger partial charge in [0.25, 0.3) is 0 Å². The maximum absolute atomic E-state index is 5.34. The lowest BCUT2D eigenvalue weighted by molar-refractivity contribution is 1.10. The van der Waals surface area contributed by atoms with Crippen LogP contribution in [0.3, 0.4) is 0 Å². The number of nitrogens with zero attached hydrogens (tertiary/aromatic N) is 6. The highest BCUT2D eigenvalue weighted by Crippen LogP contribution is 2.42. The van der Waals surface area contributed by atoms with Crippen LogP contribution in [0.2, 0.25) is 0 Å². The smallest absolute Gasteiger partial charge is 0.220 e. The predicted octanol–water partition coefficient (Wildman–Crippen LogP) is 10.1.